The maximum absolute atomic E-state index is 5.48. The van der Waals surface area contributed by atoms with Crippen molar-refractivity contribution >= 4 is 11.3 Å². The number of aryl methyl sites for hydroxylation is 1. The number of thiazole rings is 1. The van der Waals surface area contributed by atoms with E-state index in [4.69, 9.17) is 9.72 Å². The van der Waals surface area contributed by atoms with E-state index >= 15 is 0 Å². The normalized spacial score (nSPS) is 10.9. The van der Waals surface area contributed by atoms with Crippen LogP contribution < -0.4 is 4.74 Å². The number of nitrogens with zero attached hydrogens (tertiary/aromatic N) is 5. The molecule has 4 rings (SSSR count). The first-order valence-electron chi connectivity index (χ1n) is 8.74. The fraction of sp³-hybridized carbons (Fsp3) is 0.200. The first kappa shape index (κ1) is 17.4. The van der Waals surface area contributed by atoms with E-state index in [1.165, 1.54) is 5.56 Å². The molecule has 0 aliphatic heterocycles. The lowest BCUT2D eigenvalue weighted by molar-refractivity contribution is 0.340. The summed E-state index contributed by atoms with van der Waals surface area (Å²) in [6.45, 7) is 5.18. The van der Waals surface area contributed by atoms with Crippen LogP contribution in [0.3, 0.4) is 0 Å². The third-order valence-electron chi connectivity index (χ3n) is 4.03. The minimum Gasteiger partial charge on any atom is -0.494 e. The van der Waals surface area contributed by atoms with Gasteiger partial charge in [-0.3, -0.25) is 0 Å². The van der Waals surface area contributed by atoms with Gasteiger partial charge in [0, 0.05) is 16.5 Å². The number of hydrogen-bond donors (Lipinski definition) is 0. The summed E-state index contributed by atoms with van der Waals surface area (Å²) in [4.78, 5) is 6.27. The van der Waals surface area contributed by atoms with Crippen molar-refractivity contribution in [2.24, 2.45) is 0 Å². The van der Waals surface area contributed by atoms with E-state index in [2.05, 4.69) is 22.3 Å². The van der Waals surface area contributed by atoms with Crippen molar-refractivity contribution in [2.45, 2.75) is 20.4 Å². The summed E-state index contributed by atoms with van der Waals surface area (Å²) in [5.41, 5.74) is 4.15. The van der Waals surface area contributed by atoms with E-state index in [1.54, 1.807) is 16.1 Å². The highest BCUT2D eigenvalue weighted by Gasteiger charge is 2.09. The quantitative estimate of drug-likeness (QED) is 0.503. The van der Waals surface area contributed by atoms with Crippen molar-refractivity contribution in [3.8, 4) is 27.7 Å². The molecule has 0 atom stereocenters. The minimum atomic E-state index is 0.492. The molecule has 0 saturated carbocycles. The average Bonchev–Trinajstić information content (AvgIpc) is 3.34. The predicted molar refractivity (Wildman–Crippen MR) is 106 cm³/mol. The van der Waals surface area contributed by atoms with Crippen LogP contribution in [0.15, 0.2) is 53.9 Å². The van der Waals surface area contributed by atoms with Crippen LogP contribution in [0.1, 0.15) is 18.2 Å². The van der Waals surface area contributed by atoms with Crippen LogP contribution in [0.5, 0.6) is 5.75 Å². The number of hydrogen-bond acceptors (Lipinski definition) is 6. The Labute approximate surface area is 161 Å². The van der Waals surface area contributed by atoms with Crippen LogP contribution in [-0.2, 0) is 6.54 Å². The topological polar surface area (TPSA) is 65.7 Å². The summed E-state index contributed by atoms with van der Waals surface area (Å²) in [6, 6.07) is 16.1. The summed E-state index contributed by atoms with van der Waals surface area (Å²) < 4.78 is 5.48. The molecule has 0 bridgehead atoms. The van der Waals surface area contributed by atoms with Gasteiger partial charge in [-0.05, 0) is 43.3 Å². The van der Waals surface area contributed by atoms with E-state index in [1.807, 2.05) is 60.8 Å². The first-order chi connectivity index (χ1) is 13.2. The molecule has 6 nitrogen and oxygen atoms in total. The maximum Gasteiger partial charge on any atom is 0.204 e. The summed E-state index contributed by atoms with van der Waals surface area (Å²) in [5.74, 6) is 1.49. The molecule has 2 aromatic heterocycles. The van der Waals surface area contributed by atoms with E-state index < -0.39 is 0 Å². The van der Waals surface area contributed by atoms with Crippen LogP contribution >= 0.6 is 11.3 Å². The Morgan fingerprint density at radius 3 is 2.48 bits per heavy atom. The highest BCUT2D eigenvalue weighted by Crippen LogP contribution is 2.26. The van der Waals surface area contributed by atoms with Gasteiger partial charge in [0.05, 0.1) is 12.3 Å². The number of aromatic nitrogens is 5. The van der Waals surface area contributed by atoms with Crippen LogP contribution in [0.2, 0.25) is 0 Å². The second kappa shape index (κ2) is 7.67. The molecule has 4 aromatic rings. The van der Waals surface area contributed by atoms with Gasteiger partial charge in [0.15, 0.2) is 0 Å². The van der Waals surface area contributed by atoms with Crippen molar-refractivity contribution in [1.82, 2.24) is 25.2 Å². The van der Waals surface area contributed by atoms with Crippen molar-refractivity contribution in [3.63, 3.8) is 0 Å². The summed E-state index contributed by atoms with van der Waals surface area (Å²) >= 11 is 1.60. The molecule has 2 heterocycles. The standard InChI is InChI=1S/C20H19N5OS/c1-3-26-18-10-8-16(9-11-18)20-21-17(13-27-20)12-25-23-19(22-24-25)15-6-4-14(2)5-7-15/h4-11,13H,3,12H2,1-2H3. The molecule has 0 saturated heterocycles. The monoisotopic (exact) mass is 377 g/mol. The fourth-order valence-electron chi connectivity index (χ4n) is 2.65. The van der Waals surface area contributed by atoms with Gasteiger partial charge in [0.25, 0.3) is 0 Å². The molecular formula is C20H19N5OS. The molecular weight excluding hydrogens is 358 g/mol. The molecule has 0 fully saturated rings. The molecule has 0 unspecified atom stereocenters. The second-order valence-electron chi connectivity index (χ2n) is 6.11. The van der Waals surface area contributed by atoms with Crippen molar-refractivity contribution in [2.75, 3.05) is 6.61 Å². The lowest BCUT2D eigenvalue weighted by Crippen LogP contribution is -2.04. The Kier molecular flexibility index (Phi) is 4.93. The van der Waals surface area contributed by atoms with Crippen LogP contribution in [0.25, 0.3) is 22.0 Å². The number of rotatable bonds is 6. The van der Waals surface area contributed by atoms with Gasteiger partial charge in [-0.15, -0.1) is 21.5 Å². The smallest absolute Gasteiger partial charge is 0.204 e. The summed E-state index contributed by atoms with van der Waals surface area (Å²) in [7, 11) is 0. The Bertz CT molecular complexity index is 1020. The van der Waals surface area contributed by atoms with E-state index in [0.717, 1.165) is 27.6 Å². The molecule has 0 amide bonds. The zero-order valence-corrected chi connectivity index (χ0v) is 16.0. The lowest BCUT2D eigenvalue weighted by atomic mass is 10.1. The fourth-order valence-corrected chi connectivity index (χ4v) is 3.46. The summed E-state index contributed by atoms with van der Waals surface area (Å²) in [5, 5.41) is 15.8. The second-order valence-corrected chi connectivity index (χ2v) is 6.97. The van der Waals surface area contributed by atoms with Crippen molar-refractivity contribution in [3.05, 3.63) is 65.2 Å². The Morgan fingerprint density at radius 2 is 1.74 bits per heavy atom. The van der Waals surface area contributed by atoms with Gasteiger partial charge in [-0.25, -0.2) is 4.98 Å². The van der Waals surface area contributed by atoms with E-state index in [9.17, 15) is 0 Å². The molecule has 0 aliphatic carbocycles. The van der Waals surface area contributed by atoms with Gasteiger partial charge >= 0.3 is 0 Å². The zero-order valence-electron chi connectivity index (χ0n) is 15.2. The number of ether oxygens (including phenoxy) is 1. The SMILES string of the molecule is CCOc1ccc(-c2nc(Cn3nnc(-c4ccc(C)cc4)n3)cs2)cc1. The molecule has 136 valence electrons. The third kappa shape index (κ3) is 4.03. The zero-order chi connectivity index (χ0) is 18.6. The molecule has 2 aromatic carbocycles. The predicted octanol–water partition coefficient (Wildman–Crippen LogP) is 4.22. The number of benzene rings is 2. The van der Waals surface area contributed by atoms with Gasteiger partial charge < -0.3 is 4.74 Å². The van der Waals surface area contributed by atoms with Gasteiger partial charge in [-0.2, -0.15) is 4.80 Å². The van der Waals surface area contributed by atoms with Crippen LogP contribution in [-0.4, -0.2) is 31.8 Å². The van der Waals surface area contributed by atoms with E-state index in [-0.39, 0.29) is 0 Å². The molecule has 0 N–H and O–H groups in total. The molecule has 27 heavy (non-hydrogen) atoms. The minimum absolute atomic E-state index is 0.492. The molecule has 0 aliphatic rings. The molecule has 7 heteroatoms. The van der Waals surface area contributed by atoms with Crippen LogP contribution in [0, 0.1) is 6.92 Å². The summed E-state index contributed by atoms with van der Waals surface area (Å²) in [6.07, 6.45) is 0. The number of tetrazole rings is 1. The van der Waals surface area contributed by atoms with Gasteiger partial charge in [-0.1, -0.05) is 29.8 Å². The Balaban J connectivity index is 1.47. The van der Waals surface area contributed by atoms with Crippen molar-refractivity contribution < 1.29 is 4.74 Å². The maximum atomic E-state index is 5.48. The van der Waals surface area contributed by atoms with Gasteiger partial charge in [0.1, 0.15) is 17.3 Å². The lowest BCUT2D eigenvalue weighted by Gasteiger charge is -2.02. The Morgan fingerprint density at radius 1 is 1.00 bits per heavy atom. The van der Waals surface area contributed by atoms with Crippen molar-refractivity contribution in [1.29, 1.82) is 0 Å². The Hall–Kier alpha value is -3.06. The first-order valence-corrected chi connectivity index (χ1v) is 9.62. The highest BCUT2D eigenvalue weighted by atomic mass is 32.1. The van der Waals surface area contributed by atoms with Gasteiger partial charge in [0.2, 0.25) is 5.82 Å². The molecule has 0 spiro atoms. The molecule has 0 radical (unpaired) electrons. The highest BCUT2D eigenvalue weighted by molar-refractivity contribution is 7.13. The average molecular weight is 377 g/mol. The largest absolute Gasteiger partial charge is 0.494 e. The van der Waals surface area contributed by atoms with E-state index in [0.29, 0.717) is 19.0 Å². The third-order valence-corrected chi connectivity index (χ3v) is 4.97. The van der Waals surface area contributed by atoms with Crippen LogP contribution in [0.4, 0.5) is 0 Å².